The fourth-order valence-electron chi connectivity index (χ4n) is 3.13. The maximum Gasteiger partial charge on any atom is 0.414 e. The van der Waals surface area contributed by atoms with E-state index in [1.54, 1.807) is 4.90 Å². The number of thiocarbonyl (C=S) groups is 1. The molecule has 2 fully saturated rings. The molecule has 11 heteroatoms. The molecule has 3 N–H and O–H groups in total. The van der Waals surface area contributed by atoms with Gasteiger partial charge in [-0.1, -0.05) is 0 Å². The third-order valence-electron chi connectivity index (χ3n) is 4.40. The molecule has 1 unspecified atom stereocenters. The largest absolute Gasteiger partial charge is 0.442 e. The summed E-state index contributed by atoms with van der Waals surface area (Å²) in [6.07, 6.45) is -0.629. The van der Waals surface area contributed by atoms with Crippen LogP contribution in [-0.4, -0.2) is 59.2 Å². The van der Waals surface area contributed by atoms with E-state index >= 15 is 0 Å². The lowest BCUT2D eigenvalue weighted by atomic mass is 10.2. The van der Waals surface area contributed by atoms with Crippen LogP contribution in [0.2, 0.25) is 0 Å². The molecule has 27 heavy (non-hydrogen) atoms. The number of benzene rings is 1. The van der Waals surface area contributed by atoms with Gasteiger partial charge < -0.3 is 20.7 Å². The van der Waals surface area contributed by atoms with E-state index in [1.807, 2.05) is 0 Å². The summed E-state index contributed by atoms with van der Waals surface area (Å²) < 4.78 is 46.1. The van der Waals surface area contributed by atoms with Crippen LogP contribution in [0.3, 0.4) is 0 Å². The summed E-state index contributed by atoms with van der Waals surface area (Å²) in [6.45, 7) is 1.08. The second kappa shape index (κ2) is 8.34. The van der Waals surface area contributed by atoms with Crippen LogP contribution in [0.5, 0.6) is 0 Å². The van der Waals surface area contributed by atoms with Gasteiger partial charge in [-0.25, -0.2) is 13.6 Å². The van der Waals surface area contributed by atoms with Gasteiger partial charge in [-0.05, 0) is 18.6 Å². The maximum atomic E-state index is 14.7. The Morgan fingerprint density at radius 2 is 2.04 bits per heavy atom. The van der Waals surface area contributed by atoms with Gasteiger partial charge in [0.1, 0.15) is 11.8 Å². The average molecular weight is 418 g/mol. The molecule has 2 heterocycles. The molecule has 1 aromatic carbocycles. The first-order valence-electron chi connectivity index (χ1n) is 8.45. The number of anilines is 2. The number of nitrogens with zero attached hydrogens (tertiary/aromatic N) is 2. The highest BCUT2D eigenvalue weighted by Crippen LogP contribution is 2.31. The molecule has 0 aliphatic carbocycles. The first-order valence-corrected chi connectivity index (χ1v) is 10.3. The van der Waals surface area contributed by atoms with Crippen molar-refractivity contribution < 1.29 is 22.5 Å². The highest BCUT2D eigenvalue weighted by atomic mass is 32.2. The Kier molecular flexibility index (Phi) is 6.10. The van der Waals surface area contributed by atoms with Crippen LogP contribution in [0.25, 0.3) is 0 Å². The molecule has 1 amide bonds. The van der Waals surface area contributed by atoms with Gasteiger partial charge in [0.25, 0.3) is 0 Å². The molecular weight excluding hydrogens is 398 g/mol. The number of nitrogens with one attached hydrogen (secondary N) is 1. The van der Waals surface area contributed by atoms with E-state index in [9.17, 15) is 17.8 Å². The molecule has 2 aliphatic heterocycles. The zero-order valence-corrected chi connectivity index (χ0v) is 16.1. The van der Waals surface area contributed by atoms with Crippen molar-refractivity contribution in [3.8, 4) is 0 Å². The monoisotopic (exact) mass is 418 g/mol. The predicted octanol–water partition coefficient (Wildman–Crippen LogP) is 1.08. The Balaban J connectivity index is 1.77. The minimum absolute atomic E-state index is 0.0734. The van der Waals surface area contributed by atoms with Crippen LogP contribution in [0.15, 0.2) is 12.1 Å². The van der Waals surface area contributed by atoms with Gasteiger partial charge in [-0.15, -0.1) is 0 Å². The summed E-state index contributed by atoms with van der Waals surface area (Å²) in [5.74, 6) is -0.638. The van der Waals surface area contributed by atoms with E-state index in [1.165, 1.54) is 4.90 Å². The van der Waals surface area contributed by atoms with E-state index in [0.29, 0.717) is 31.0 Å². The van der Waals surface area contributed by atoms with Gasteiger partial charge in [0, 0.05) is 47.5 Å². The van der Waals surface area contributed by atoms with Gasteiger partial charge in [-0.2, -0.15) is 0 Å². The zero-order valence-electron chi connectivity index (χ0n) is 14.5. The van der Waals surface area contributed by atoms with Crippen LogP contribution in [0.1, 0.15) is 6.42 Å². The minimum Gasteiger partial charge on any atom is -0.442 e. The van der Waals surface area contributed by atoms with Crippen LogP contribution in [0, 0.1) is 11.6 Å². The van der Waals surface area contributed by atoms with Gasteiger partial charge in [-0.3, -0.25) is 9.11 Å². The van der Waals surface area contributed by atoms with Crippen LogP contribution < -0.4 is 20.9 Å². The summed E-state index contributed by atoms with van der Waals surface area (Å²) in [6, 6.07) is 2.23. The Hall–Kier alpha value is -2.01. The number of rotatable bonds is 4. The number of ether oxygens (including phenoxy) is 1. The molecule has 0 spiro atoms. The SMILES string of the molecule is NC(=S)NC[C@H]1CN(c2cc(F)c(N3CCCS(=O)CC3)c(F)c2)C(=O)O1. The zero-order chi connectivity index (χ0) is 19.6. The molecule has 0 radical (unpaired) electrons. The van der Waals surface area contributed by atoms with Crippen molar-refractivity contribution >= 4 is 45.6 Å². The van der Waals surface area contributed by atoms with Crippen molar-refractivity contribution in [3.63, 3.8) is 0 Å². The van der Waals surface area contributed by atoms with E-state index in [-0.39, 0.29) is 29.6 Å². The Labute approximate surface area is 163 Å². The van der Waals surface area contributed by atoms with Crippen molar-refractivity contribution in [2.45, 2.75) is 12.5 Å². The number of hydrogen-bond donors (Lipinski definition) is 2. The molecule has 148 valence electrons. The maximum absolute atomic E-state index is 14.7. The molecule has 0 aromatic heterocycles. The summed E-state index contributed by atoms with van der Waals surface area (Å²) in [5, 5.41) is 2.76. The van der Waals surface area contributed by atoms with E-state index < -0.39 is 34.6 Å². The van der Waals surface area contributed by atoms with Crippen LogP contribution in [0.4, 0.5) is 25.0 Å². The number of carbonyl (C=O) groups excluding carboxylic acids is 1. The summed E-state index contributed by atoms with van der Waals surface area (Å²) in [5.41, 5.74) is 5.26. The lowest BCUT2D eigenvalue weighted by Gasteiger charge is -2.24. The molecule has 3 rings (SSSR count). The van der Waals surface area contributed by atoms with Crippen molar-refractivity contribution in [1.82, 2.24) is 5.32 Å². The van der Waals surface area contributed by atoms with Crippen molar-refractivity contribution in [2.75, 3.05) is 47.5 Å². The van der Waals surface area contributed by atoms with Crippen LogP contribution in [-0.2, 0) is 15.5 Å². The molecule has 1 aromatic rings. The van der Waals surface area contributed by atoms with Gasteiger partial charge in [0.05, 0.1) is 18.8 Å². The normalized spacial score (nSPS) is 23.1. The molecule has 2 saturated heterocycles. The van der Waals surface area contributed by atoms with Crippen molar-refractivity contribution in [3.05, 3.63) is 23.8 Å². The standard InChI is InChI=1S/C16H20F2N4O3S2/c17-12-6-10(22-9-11(25-16(22)23)8-20-15(19)26)7-13(18)14(12)21-2-1-4-27(24)5-3-21/h6-7,11H,1-5,8-9H2,(H3,19,20,26)/t11-,27?/m0/s1. The van der Waals surface area contributed by atoms with Gasteiger partial charge in [0.2, 0.25) is 0 Å². The summed E-state index contributed by atoms with van der Waals surface area (Å²) >= 11 is 4.70. The lowest BCUT2D eigenvalue weighted by molar-refractivity contribution is 0.143. The second-order valence-electron chi connectivity index (χ2n) is 6.31. The van der Waals surface area contributed by atoms with Gasteiger partial charge >= 0.3 is 6.09 Å². The Morgan fingerprint density at radius 3 is 2.70 bits per heavy atom. The number of amides is 1. The molecule has 0 saturated carbocycles. The first-order chi connectivity index (χ1) is 12.8. The van der Waals surface area contributed by atoms with Crippen molar-refractivity contribution in [1.29, 1.82) is 0 Å². The summed E-state index contributed by atoms with van der Waals surface area (Å²) in [7, 11) is -0.966. The average Bonchev–Trinajstić information content (AvgIpc) is 2.84. The number of cyclic esters (lactones) is 1. The number of carbonyl (C=O) groups is 1. The van der Waals surface area contributed by atoms with Gasteiger partial charge in [0.15, 0.2) is 16.7 Å². The van der Waals surface area contributed by atoms with E-state index in [0.717, 1.165) is 12.1 Å². The number of halogens is 2. The molecule has 0 bridgehead atoms. The smallest absolute Gasteiger partial charge is 0.414 e. The summed E-state index contributed by atoms with van der Waals surface area (Å²) in [4.78, 5) is 14.8. The fraction of sp³-hybridized carbons (Fsp3) is 0.500. The number of hydrogen-bond acceptors (Lipinski definition) is 5. The minimum atomic E-state index is -0.966. The molecule has 7 nitrogen and oxygen atoms in total. The second-order valence-corrected chi connectivity index (χ2v) is 8.44. The first kappa shape index (κ1) is 19.7. The third kappa shape index (κ3) is 4.64. The topological polar surface area (TPSA) is 87.9 Å². The van der Waals surface area contributed by atoms with Crippen molar-refractivity contribution in [2.24, 2.45) is 5.73 Å². The Bertz CT molecular complexity index is 757. The van der Waals surface area contributed by atoms with Crippen LogP contribution >= 0.6 is 12.2 Å². The lowest BCUT2D eigenvalue weighted by Crippen LogP contribution is -2.37. The number of nitrogens with two attached hydrogens (primary N) is 1. The third-order valence-corrected chi connectivity index (χ3v) is 5.92. The quantitative estimate of drug-likeness (QED) is 0.708. The highest BCUT2D eigenvalue weighted by Gasteiger charge is 2.33. The van der Waals surface area contributed by atoms with E-state index in [4.69, 9.17) is 22.7 Å². The van der Waals surface area contributed by atoms with E-state index in [2.05, 4.69) is 5.32 Å². The molecule has 2 atom stereocenters. The molecular formula is C16H20F2N4O3S2. The Morgan fingerprint density at radius 1 is 1.33 bits per heavy atom. The highest BCUT2D eigenvalue weighted by molar-refractivity contribution is 7.85. The molecule has 2 aliphatic rings. The predicted molar refractivity (Wildman–Crippen MR) is 103 cm³/mol. The fourth-order valence-corrected chi connectivity index (χ4v) is 4.29.